The zero-order valence-corrected chi connectivity index (χ0v) is 14.7. The molecule has 5 heteroatoms. The summed E-state index contributed by atoms with van der Waals surface area (Å²) in [5, 5.41) is 5.58. The molecular formula is C18H28N2O3. The van der Waals surface area contributed by atoms with Crippen LogP contribution >= 0.6 is 0 Å². The monoisotopic (exact) mass is 320 g/mol. The quantitative estimate of drug-likeness (QED) is 0.811. The van der Waals surface area contributed by atoms with Gasteiger partial charge < -0.3 is 15.4 Å². The van der Waals surface area contributed by atoms with Crippen molar-refractivity contribution < 1.29 is 14.3 Å². The normalized spacial score (nSPS) is 12.4. The molecule has 0 aliphatic carbocycles. The molecule has 5 nitrogen and oxygen atoms in total. The number of nitrogens with one attached hydrogen (secondary N) is 2. The summed E-state index contributed by atoms with van der Waals surface area (Å²) in [4.78, 5) is 23.9. The van der Waals surface area contributed by atoms with Gasteiger partial charge in [-0.3, -0.25) is 9.59 Å². The number of carbonyl (C=O) groups is 2. The van der Waals surface area contributed by atoms with Crippen LogP contribution in [0.1, 0.15) is 46.6 Å². The van der Waals surface area contributed by atoms with Gasteiger partial charge in [-0.15, -0.1) is 0 Å². The van der Waals surface area contributed by atoms with Crippen molar-refractivity contribution in [2.24, 2.45) is 0 Å². The van der Waals surface area contributed by atoms with Crippen molar-refractivity contribution in [2.75, 3.05) is 6.61 Å². The Kier molecular flexibility index (Phi) is 7.07. The largest absolute Gasteiger partial charge is 0.494 e. The second kappa shape index (κ2) is 8.56. The summed E-state index contributed by atoms with van der Waals surface area (Å²) in [5.74, 6) is 0.524. The smallest absolute Gasteiger partial charge is 0.242 e. The maximum atomic E-state index is 12.0. The second-order valence-corrected chi connectivity index (χ2v) is 6.61. The average molecular weight is 320 g/mol. The van der Waals surface area contributed by atoms with Crippen molar-refractivity contribution in [3.63, 3.8) is 0 Å². The first-order valence-corrected chi connectivity index (χ1v) is 8.04. The Bertz CT molecular complexity index is 518. The van der Waals surface area contributed by atoms with Gasteiger partial charge in [0.15, 0.2) is 0 Å². The van der Waals surface area contributed by atoms with Crippen LogP contribution in [0.3, 0.4) is 0 Å². The van der Waals surface area contributed by atoms with Gasteiger partial charge in [0.1, 0.15) is 11.8 Å². The molecule has 2 amide bonds. The van der Waals surface area contributed by atoms with E-state index in [2.05, 4.69) is 10.6 Å². The van der Waals surface area contributed by atoms with Crippen LogP contribution < -0.4 is 15.4 Å². The van der Waals surface area contributed by atoms with Crippen molar-refractivity contribution >= 4 is 11.8 Å². The van der Waals surface area contributed by atoms with Gasteiger partial charge >= 0.3 is 0 Å². The van der Waals surface area contributed by atoms with Crippen molar-refractivity contribution in [2.45, 2.75) is 59.0 Å². The number of hydrogen-bond acceptors (Lipinski definition) is 3. The predicted molar refractivity (Wildman–Crippen MR) is 91.4 cm³/mol. The summed E-state index contributed by atoms with van der Waals surface area (Å²) >= 11 is 0. The minimum atomic E-state index is -0.540. The van der Waals surface area contributed by atoms with Crippen LogP contribution in [0.2, 0.25) is 0 Å². The van der Waals surface area contributed by atoms with Crippen LogP contribution in [0.25, 0.3) is 0 Å². The van der Waals surface area contributed by atoms with Crippen molar-refractivity contribution in [1.82, 2.24) is 10.6 Å². The first-order valence-electron chi connectivity index (χ1n) is 8.04. The molecule has 0 bridgehead atoms. The fourth-order valence-electron chi connectivity index (χ4n) is 2.03. The van der Waals surface area contributed by atoms with Gasteiger partial charge in [0, 0.05) is 12.0 Å². The van der Waals surface area contributed by atoms with E-state index in [1.807, 2.05) is 52.0 Å². The topological polar surface area (TPSA) is 67.4 Å². The molecule has 1 atom stereocenters. The van der Waals surface area contributed by atoms with Crippen molar-refractivity contribution in [3.05, 3.63) is 29.8 Å². The Morgan fingerprint density at radius 2 is 1.78 bits per heavy atom. The number of aryl methyl sites for hydroxylation is 1. The van der Waals surface area contributed by atoms with Gasteiger partial charge in [-0.25, -0.2) is 0 Å². The third-order valence-electron chi connectivity index (χ3n) is 3.14. The maximum absolute atomic E-state index is 12.0. The number of ether oxygens (including phenoxy) is 1. The predicted octanol–water partition coefficient (Wildman–Crippen LogP) is 2.44. The Morgan fingerprint density at radius 3 is 2.30 bits per heavy atom. The minimum Gasteiger partial charge on any atom is -0.494 e. The molecule has 0 unspecified atom stereocenters. The Balaban J connectivity index is 2.40. The lowest BCUT2D eigenvalue weighted by Gasteiger charge is -2.23. The zero-order valence-electron chi connectivity index (χ0n) is 14.7. The van der Waals surface area contributed by atoms with Crippen LogP contribution in [0.15, 0.2) is 24.3 Å². The van der Waals surface area contributed by atoms with Gasteiger partial charge in [0.2, 0.25) is 11.8 Å². The molecule has 0 saturated carbocycles. The van der Waals surface area contributed by atoms with Gasteiger partial charge in [-0.2, -0.15) is 0 Å². The van der Waals surface area contributed by atoms with Crippen LogP contribution in [-0.2, 0) is 16.0 Å². The summed E-state index contributed by atoms with van der Waals surface area (Å²) in [7, 11) is 0. The van der Waals surface area contributed by atoms with Crippen LogP contribution in [0.4, 0.5) is 0 Å². The third-order valence-corrected chi connectivity index (χ3v) is 3.14. The van der Waals surface area contributed by atoms with Crippen LogP contribution in [0.5, 0.6) is 5.75 Å². The van der Waals surface area contributed by atoms with Crippen molar-refractivity contribution in [1.29, 1.82) is 0 Å². The van der Waals surface area contributed by atoms with E-state index in [4.69, 9.17) is 4.74 Å². The van der Waals surface area contributed by atoms with Crippen LogP contribution in [0, 0.1) is 0 Å². The number of rotatable bonds is 7. The molecule has 0 fully saturated rings. The lowest BCUT2D eigenvalue weighted by atomic mass is 10.1. The number of hydrogen-bond donors (Lipinski definition) is 2. The first kappa shape index (κ1) is 19.0. The van der Waals surface area contributed by atoms with Gasteiger partial charge in [-0.05, 0) is 58.7 Å². The molecule has 0 aromatic heterocycles. The van der Waals surface area contributed by atoms with Crippen molar-refractivity contribution in [3.8, 4) is 5.75 Å². The highest BCUT2D eigenvalue weighted by Crippen LogP contribution is 2.13. The third kappa shape index (κ3) is 7.68. The molecule has 0 radical (unpaired) electrons. The maximum Gasteiger partial charge on any atom is 0.242 e. The summed E-state index contributed by atoms with van der Waals surface area (Å²) in [6, 6.07) is 7.16. The average Bonchev–Trinajstić information content (AvgIpc) is 2.45. The van der Waals surface area contributed by atoms with Gasteiger partial charge in [-0.1, -0.05) is 12.1 Å². The molecule has 1 rings (SSSR count). The fraction of sp³-hybridized carbons (Fsp3) is 0.556. The highest BCUT2D eigenvalue weighted by atomic mass is 16.5. The van der Waals surface area contributed by atoms with Crippen LogP contribution in [-0.4, -0.2) is 30.0 Å². The van der Waals surface area contributed by atoms with E-state index < -0.39 is 6.04 Å². The SMILES string of the molecule is CCOc1ccc(CCC(=O)N[C@H](C)C(=O)NC(C)(C)C)cc1. The standard InChI is InChI=1S/C18H28N2O3/c1-6-23-15-10-7-14(8-11-15)9-12-16(21)19-13(2)17(22)20-18(3,4)5/h7-8,10-11,13H,6,9,12H2,1-5H3,(H,19,21)(H,20,22)/t13-/m1/s1. The Labute approximate surface area is 138 Å². The summed E-state index contributed by atoms with van der Waals surface area (Å²) in [6.07, 6.45) is 0.979. The van der Waals surface area contributed by atoms with E-state index in [1.54, 1.807) is 6.92 Å². The van der Waals surface area contributed by atoms with E-state index in [1.165, 1.54) is 0 Å². The second-order valence-electron chi connectivity index (χ2n) is 6.61. The van der Waals surface area contributed by atoms with E-state index in [0.717, 1.165) is 11.3 Å². The molecule has 2 N–H and O–H groups in total. The summed E-state index contributed by atoms with van der Waals surface area (Å²) in [5.41, 5.74) is 0.758. The molecule has 1 aromatic carbocycles. The molecule has 0 spiro atoms. The molecule has 128 valence electrons. The Morgan fingerprint density at radius 1 is 1.17 bits per heavy atom. The van der Waals surface area contributed by atoms with E-state index in [9.17, 15) is 9.59 Å². The minimum absolute atomic E-state index is 0.129. The number of benzene rings is 1. The molecule has 0 aliphatic heterocycles. The summed E-state index contributed by atoms with van der Waals surface area (Å²) < 4.78 is 5.38. The molecule has 0 heterocycles. The molecular weight excluding hydrogens is 292 g/mol. The lowest BCUT2D eigenvalue weighted by Crippen LogP contribution is -2.50. The van der Waals surface area contributed by atoms with Gasteiger partial charge in [0.05, 0.1) is 6.61 Å². The zero-order chi connectivity index (χ0) is 17.5. The number of carbonyl (C=O) groups excluding carboxylic acids is 2. The van der Waals surface area contributed by atoms with E-state index in [-0.39, 0.29) is 17.4 Å². The highest BCUT2D eigenvalue weighted by molar-refractivity contribution is 5.87. The molecule has 0 saturated heterocycles. The number of amides is 2. The van der Waals surface area contributed by atoms with E-state index in [0.29, 0.717) is 19.4 Å². The fourth-order valence-corrected chi connectivity index (χ4v) is 2.03. The highest BCUT2D eigenvalue weighted by Gasteiger charge is 2.20. The summed E-state index contributed by atoms with van der Waals surface area (Å²) in [6.45, 7) is 9.99. The Hall–Kier alpha value is -2.04. The van der Waals surface area contributed by atoms with Gasteiger partial charge in [0.25, 0.3) is 0 Å². The first-order chi connectivity index (χ1) is 10.7. The van der Waals surface area contributed by atoms with E-state index >= 15 is 0 Å². The molecule has 1 aromatic rings. The lowest BCUT2D eigenvalue weighted by molar-refractivity contribution is -0.129. The molecule has 23 heavy (non-hydrogen) atoms. The molecule has 0 aliphatic rings.